The molecule has 0 aliphatic heterocycles. The van der Waals surface area contributed by atoms with E-state index < -0.39 is 29.9 Å². The Balaban J connectivity index is 4.97. The monoisotopic (exact) mass is 258 g/mol. The van der Waals surface area contributed by atoms with Gasteiger partial charge in [0.1, 0.15) is 11.3 Å². The topological polar surface area (TPSA) is 89.9 Å². The molecular weight excluding hydrogens is 240 g/mol. The fourth-order valence-corrected chi connectivity index (χ4v) is 1.20. The lowest BCUT2D eigenvalue weighted by Crippen LogP contribution is -2.23. The Labute approximate surface area is 106 Å². The maximum absolute atomic E-state index is 11.7. The largest absolute Gasteiger partial charge is 0.511 e. The molecule has 0 spiro atoms. The van der Waals surface area contributed by atoms with Gasteiger partial charge in [-0.15, -0.1) is 0 Å². The maximum atomic E-state index is 11.7. The summed E-state index contributed by atoms with van der Waals surface area (Å²) in [5.41, 5.74) is -0.444. The molecule has 0 aliphatic rings. The first kappa shape index (κ1) is 16.1. The van der Waals surface area contributed by atoms with Crippen molar-refractivity contribution in [1.29, 1.82) is 0 Å². The zero-order chi connectivity index (χ0) is 14.1. The van der Waals surface area contributed by atoms with Gasteiger partial charge >= 0.3 is 11.9 Å². The Morgan fingerprint density at radius 1 is 1.11 bits per heavy atom. The third-order valence-electron chi connectivity index (χ3n) is 1.94. The molecule has 102 valence electrons. The lowest BCUT2D eigenvalue weighted by Gasteiger charge is -2.09. The van der Waals surface area contributed by atoms with Crippen LogP contribution in [0.5, 0.6) is 0 Å². The number of aliphatic hydroxyl groups excluding tert-OH is 1. The number of allylic oxidation sites excluding steroid dienone is 1. The van der Waals surface area contributed by atoms with Gasteiger partial charge in [-0.25, -0.2) is 4.79 Å². The molecule has 18 heavy (non-hydrogen) atoms. The van der Waals surface area contributed by atoms with Crippen molar-refractivity contribution < 1.29 is 29.0 Å². The Hall–Kier alpha value is -1.85. The van der Waals surface area contributed by atoms with Crippen molar-refractivity contribution in [1.82, 2.24) is 0 Å². The Kier molecular flexibility index (Phi) is 7.42. The summed E-state index contributed by atoms with van der Waals surface area (Å²) in [5, 5.41) is 9.66. The number of carbonyl (C=O) groups is 3. The van der Waals surface area contributed by atoms with Crippen molar-refractivity contribution in [2.45, 2.75) is 33.6 Å². The number of ether oxygens (including phenoxy) is 2. The van der Waals surface area contributed by atoms with Crippen LogP contribution in [0, 0.1) is 0 Å². The number of carbonyl (C=O) groups excluding carboxylic acids is 3. The first-order valence-corrected chi connectivity index (χ1v) is 5.69. The van der Waals surface area contributed by atoms with E-state index in [1.807, 2.05) is 0 Å². The van der Waals surface area contributed by atoms with E-state index in [4.69, 9.17) is 0 Å². The van der Waals surface area contributed by atoms with Crippen LogP contribution < -0.4 is 0 Å². The van der Waals surface area contributed by atoms with E-state index in [0.29, 0.717) is 6.42 Å². The van der Waals surface area contributed by atoms with Crippen molar-refractivity contribution >= 4 is 17.7 Å². The molecule has 1 N–H and O–H groups in total. The number of hydrogen-bond acceptors (Lipinski definition) is 6. The first-order chi connectivity index (χ1) is 8.43. The summed E-state index contributed by atoms with van der Waals surface area (Å²) in [6.45, 7) is 4.02. The fraction of sp³-hybridized carbons (Fsp3) is 0.583. The normalized spacial score (nSPS) is 11.5. The molecule has 0 fully saturated rings. The lowest BCUT2D eigenvalue weighted by molar-refractivity contribution is -0.147. The minimum absolute atomic E-state index is 0.0859. The van der Waals surface area contributed by atoms with Crippen molar-refractivity contribution in [3.05, 3.63) is 11.3 Å². The van der Waals surface area contributed by atoms with E-state index in [2.05, 4.69) is 9.47 Å². The molecule has 0 bridgehead atoms. The van der Waals surface area contributed by atoms with E-state index in [-0.39, 0.29) is 18.8 Å². The summed E-state index contributed by atoms with van der Waals surface area (Å²) in [6, 6.07) is 0. The average Bonchev–Trinajstić information content (AvgIpc) is 2.27. The van der Waals surface area contributed by atoms with Gasteiger partial charge in [-0.05, 0) is 13.3 Å². The number of rotatable bonds is 7. The second-order valence-corrected chi connectivity index (χ2v) is 3.50. The van der Waals surface area contributed by atoms with Crippen molar-refractivity contribution in [3.63, 3.8) is 0 Å². The van der Waals surface area contributed by atoms with Crippen molar-refractivity contribution in [2.75, 3.05) is 13.2 Å². The van der Waals surface area contributed by atoms with Gasteiger partial charge in [0.15, 0.2) is 6.61 Å². The number of hydrogen-bond donors (Lipinski definition) is 1. The Bertz CT molecular complexity index is 356. The molecule has 0 aromatic heterocycles. The van der Waals surface area contributed by atoms with Gasteiger partial charge in [-0.2, -0.15) is 0 Å². The fourth-order valence-electron chi connectivity index (χ4n) is 1.20. The van der Waals surface area contributed by atoms with Crippen LogP contribution >= 0.6 is 0 Å². The highest BCUT2D eigenvalue weighted by Crippen LogP contribution is 2.12. The summed E-state index contributed by atoms with van der Waals surface area (Å²) in [7, 11) is 0. The average molecular weight is 258 g/mol. The SMILES string of the molecule is CCC/C(O)=C(/C(=O)COC(C)=O)C(=O)OCC. The van der Waals surface area contributed by atoms with Gasteiger partial charge in [0.2, 0.25) is 5.78 Å². The third-order valence-corrected chi connectivity index (χ3v) is 1.94. The van der Waals surface area contributed by atoms with Crippen LogP contribution in [0.1, 0.15) is 33.6 Å². The first-order valence-electron chi connectivity index (χ1n) is 5.69. The Morgan fingerprint density at radius 3 is 2.17 bits per heavy atom. The molecule has 0 aromatic rings. The van der Waals surface area contributed by atoms with Gasteiger partial charge < -0.3 is 14.6 Å². The van der Waals surface area contributed by atoms with Crippen LogP contribution in [-0.4, -0.2) is 36.0 Å². The molecule has 0 unspecified atom stereocenters. The smallest absolute Gasteiger partial charge is 0.345 e. The molecule has 0 aromatic carbocycles. The highest BCUT2D eigenvalue weighted by molar-refractivity contribution is 6.18. The number of esters is 2. The maximum Gasteiger partial charge on any atom is 0.345 e. The van der Waals surface area contributed by atoms with E-state index >= 15 is 0 Å². The predicted octanol–water partition coefficient (Wildman–Crippen LogP) is 1.29. The van der Waals surface area contributed by atoms with Crippen molar-refractivity contribution in [2.24, 2.45) is 0 Å². The van der Waals surface area contributed by atoms with Crippen LogP contribution in [0.3, 0.4) is 0 Å². The second-order valence-electron chi connectivity index (χ2n) is 3.50. The number of Topliss-reactive ketones (excluding diaryl/α,β-unsaturated/α-hetero) is 1. The zero-order valence-electron chi connectivity index (χ0n) is 10.8. The molecule has 0 rings (SSSR count). The second kappa shape index (κ2) is 8.27. The molecule has 0 heterocycles. The zero-order valence-corrected chi connectivity index (χ0v) is 10.8. The van der Waals surface area contributed by atoms with Gasteiger partial charge in [-0.1, -0.05) is 6.92 Å². The van der Waals surface area contributed by atoms with E-state index in [0.717, 1.165) is 6.92 Å². The minimum Gasteiger partial charge on any atom is -0.511 e. The van der Waals surface area contributed by atoms with Gasteiger partial charge in [0.05, 0.1) is 6.61 Å². The minimum atomic E-state index is -0.902. The third kappa shape index (κ3) is 5.47. The standard InChI is InChI=1S/C12H18O6/c1-4-6-9(14)11(12(16)17-5-2)10(15)7-18-8(3)13/h14H,4-7H2,1-3H3/b11-9+. The summed E-state index contributed by atoms with van der Waals surface area (Å²) < 4.78 is 9.18. The van der Waals surface area contributed by atoms with Gasteiger partial charge in [0, 0.05) is 13.3 Å². The molecule has 0 aliphatic carbocycles. The summed E-state index contributed by atoms with van der Waals surface area (Å²) in [6.07, 6.45) is 0.746. The highest BCUT2D eigenvalue weighted by atomic mass is 16.5. The van der Waals surface area contributed by atoms with Gasteiger partial charge in [0.25, 0.3) is 0 Å². The van der Waals surface area contributed by atoms with Crippen LogP contribution in [0.4, 0.5) is 0 Å². The van der Waals surface area contributed by atoms with E-state index in [1.54, 1.807) is 13.8 Å². The van der Waals surface area contributed by atoms with Crippen molar-refractivity contribution in [3.8, 4) is 0 Å². The Morgan fingerprint density at radius 2 is 1.72 bits per heavy atom. The number of ketones is 1. The predicted molar refractivity (Wildman–Crippen MR) is 62.8 cm³/mol. The quantitative estimate of drug-likeness (QED) is 0.243. The van der Waals surface area contributed by atoms with Crippen LogP contribution in [0.15, 0.2) is 11.3 Å². The molecule has 6 heteroatoms. The molecule has 0 saturated heterocycles. The molecular formula is C12H18O6. The summed E-state index contributed by atoms with van der Waals surface area (Å²) in [5.74, 6) is -2.65. The van der Waals surface area contributed by atoms with E-state index in [9.17, 15) is 19.5 Å². The van der Waals surface area contributed by atoms with Crippen LogP contribution in [0.2, 0.25) is 0 Å². The molecule has 0 atom stereocenters. The number of aliphatic hydroxyl groups is 1. The van der Waals surface area contributed by atoms with Gasteiger partial charge in [-0.3, -0.25) is 9.59 Å². The van der Waals surface area contributed by atoms with E-state index in [1.165, 1.54) is 0 Å². The summed E-state index contributed by atoms with van der Waals surface area (Å²) in [4.78, 5) is 33.8. The van der Waals surface area contributed by atoms with Crippen LogP contribution in [0.25, 0.3) is 0 Å². The molecule has 0 radical (unpaired) electrons. The lowest BCUT2D eigenvalue weighted by atomic mass is 10.1. The highest BCUT2D eigenvalue weighted by Gasteiger charge is 2.24. The van der Waals surface area contributed by atoms with Crippen LogP contribution in [-0.2, 0) is 23.9 Å². The molecule has 6 nitrogen and oxygen atoms in total. The summed E-state index contributed by atoms with van der Waals surface area (Å²) >= 11 is 0. The molecule has 0 amide bonds. The molecule has 0 saturated carbocycles.